The van der Waals surface area contributed by atoms with Crippen LogP contribution in [-0.2, 0) is 20.1 Å². The molecular weight excluding hydrogens is 387 g/mol. The normalized spacial score (nSPS) is 37.9. The van der Waals surface area contributed by atoms with E-state index < -0.39 is 20.1 Å². The smallest absolute Gasteiger partial charge is 0.395 e. The van der Waals surface area contributed by atoms with E-state index >= 15 is 0 Å². The van der Waals surface area contributed by atoms with Crippen LogP contribution in [0.1, 0.15) is 56.9 Å². The molecule has 7 heteroatoms. The van der Waals surface area contributed by atoms with Gasteiger partial charge in [0, 0.05) is 17.4 Å². The van der Waals surface area contributed by atoms with Gasteiger partial charge in [-0.3, -0.25) is 0 Å². The third-order valence-electron chi connectivity index (χ3n) is 7.00. The zero-order valence-electron chi connectivity index (χ0n) is 14.9. The van der Waals surface area contributed by atoms with Crippen LogP contribution in [0.15, 0.2) is 29.3 Å². The first-order valence-electron chi connectivity index (χ1n) is 9.70. The molecule has 0 radical (unpaired) electrons. The summed E-state index contributed by atoms with van der Waals surface area (Å²) in [6.07, 6.45) is 8.91. The van der Waals surface area contributed by atoms with E-state index in [9.17, 15) is 9.67 Å². The summed E-state index contributed by atoms with van der Waals surface area (Å²) >= 11 is 6.12. The van der Waals surface area contributed by atoms with E-state index in [1.165, 1.54) is 24.8 Å². The molecule has 1 saturated carbocycles. The fourth-order valence-corrected chi connectivity index (χ4v) is 6.31. The number of hydrogen-bond acceptors (Lipinski definition) is 5. The van der Waals surface area contributed by atoms with Gasteiger partial charge in [-0.1, -0.05) is 35.2 Å². The Morgan fingerprint density at radius 2 is 2.04 bits per heavy atom. The van der Waals surface area contributed by atoms with Crippen LogP contribution in [0.25, 0.3) is 0 Å². The van der Waals surface area contributed by atoms with Gasteiger partial charge in [-0.05, 0) is 57.1 Å². The quantitative estimate of drug-likeness (QED) is 0.408. The van der Waals surface area contributed by atoms with E-state index in [1.54, 1.807) is 23.8 Å². The minimum absolute atomic E-state index is 0.178. The molecule has 1 saturated heterocycles. The minimum Gasteiger partial charge on any atom is -0.406 e. The molecule has 1 heterocycles. The van der Waals surface area contributed by atoms with Gasteiger partial charge in [0.1, 0.15) is 0 Å². The number of fused-ring (bicyclic) bond motifs is 1. The van der Waals surface area contributed by atoms with E-state index in [4.69, 9.17) is 25.9 Å². The van der Waals surface area contributed by atoms with Crippen LogP contribution >= 0.6 is 20.3 Å². The number of rotatable bonds is 3. The fourth-order valence-electron chi connectivity index (χ4n) is 5.86. The van der Waals surface area contributed by atoms with E-state index in [-0.39, 0.29) is 17.6 Å². The van der Waals surface area contributed by atoms with Crippen molar-refractivity contribution >= 4 is 20.3 Å². The Bertz CT molecular complexity index is 827. The highest BCUT2D eigenvalue weighted by molar-refractivity contribution is 7.17. The second-order valence-electron chi connectivity index (χ2n) is 8.14. The number of hydrogen-bond donors (Lipinski definition) is 1. The summed E-state index contributed by atoms with van der Waals surface area (Å²) < 4.78 is 15.9. The topological polar surface area (TPSA) is 65.0 Å². The standard InChI is InChI=1S/C20H22ClO5P/c21-17-9-8-14(11-18(17)24-27-23)20(22)19(25-26-20)13-5-3-7-16(19)15-6-2-1-4-12(15)10-13/h8-9,11,13,16,22H,1-7,10H2. The van der Waals surface area contributed by atoms with Gasteiger partial charge >= 0.3 is 8.69 Å². The van der Waals surface area contributed by atoms with Crippen molar-refractivity contribution in [3.05, 3.63) is 39.9 Å². The largest absolute Gasteiger partial charge is 0.406 e. The van der Waals surface area contributed by atoms with Gasteiger partial charge in [0.05, 0.1) is 5.02 Å². The minimum atomic E-state index is -1.55. The van der Waals surface area contributed by atoms with Crippen molar-refractivity contribution in [2.75, 3.05) is 0 Å². The predicted molar refractivity (Wildman–Crippen MR) is 99.4 cm³/mol. The van der Waals surface area contributed by atoms with E-state index in [1.807, 2.05) is 0 Å². The highest BCUT2D eigenvalue weighted by Gasteiger charge is 2.74. The highest BCUT2D eigenvalue weighted by Crippen LogP contribution is 2.65. The van der Waals surface area contributed by atoms with Gasteiger partial charge in [0.15, 0.2) is 11.4 Å². The zero-order chi connectivity index (χ0) is 18.6. The molecule has 5 nitrogen and oxygen atoms in total. The molecule has 0 aromatic heterocycles. The Balaban J connectivity index is 1.60. The molecule has 1 aromatic carbocycles. The Morgan fingerprint density at radius 3 is 2.81 bits per heavy atom. The summed E-state index contributed by atoms with van der Waals surface area (Å²) in [5.41, 5.74) is 2.85. The first kappa shape index (κ1) is 18.1. The molecule has 2 bridgehead atoms. The number of aliphatic hydroxyl groups is 1. The summed E-state index contributed by atoms with van der Waals surface area (Å²) in [5.74, 6) is -0.897. The van der Waals surface area contributed by atoms with Gasteiger partial charge in [-0.25, -0.2) is 9.45 Å². The average molecular weight is 409 g/mol. The second kappa shape index (κ2) is 6.53. The molecule has 1 aliphatic heterocycles. The summed E-state index contributed by atoms with van der Waals surface area (Å²) in [5, 5.41) is 12.0. The SMILES string of the molecule is O=POc1cc(C2(O)OOC23C2CCCC3C3=C(CCCC3)C2)ccc1Cl. The molecule has 3 aliphatic carbocycles. The number of benzene rings is 1. The molecule has 2 fully saturated rings. The van der Waals surface area contributed by atoms with Crippen molar-refractivity contribution in [1.29, 1.82) is 0 Å². The monoisotopic (exact) mass is 408 g/mol. The molecule has 0 amide bonds. The molecule has 5 rings (SSSR count). The van der Waals surface area contributed by atoms with Crippen molar-refractivity contribution in [3.63, 3.8) is 0 Å². The number of halogens is 1. The van der Waals surface area contributed by atoms with Crippen LogP contribution in [0.2, 0.25) is 5.02 Å². The van der Waals surface area contributed by atoms with Gasteiger partial charge in [0.2, 0.25) is 0 Å². The van der Waals surface area contributed by atoms with Gasteiger partial charge < -0.3 is 9.63 Å². The molecule has 1 spiro atoms. The lowest BCUT2D eigenvalue weighted by Crippen LogP contribution is -2.74. The van der Waals surface area contributed by atoms with Crippen molar-refractivity contribution in [2.24, 2.45) is 11.8 Å². The van der Waals surface area contributed by atoms with Crippen LogP contribution in [0.5, 0.6) is 5.75 Å². The zero-order valence-corrected chi connectivity index (χ0v) is 16.6. The van der Waals surface area contributed by atoms with Crippen molar-refractivity contribution in [3.8, 4) is 5.75 Å². The van der Waals surface area contributed by atoms with Crippen LogP contribution in [0, 0.1) is 11.8 Å². The van der Waals surface area contributed by atoms with Gasteiger partial charge in [-0.2, -0.15) is 4.89 Å². The lowest BCUT2D eigenvalue weighted by atomic mass is 9.53. The van der Waals surface area contributed by atoms with Crippen LogP contribution < -0.4 is 4.52 Å². The predicted octanol–water partition coefficient (Wildman–Crippen LogP) is 5.46. The first-order valence-corrected chi connectivity index (χ1v) is 10.8. The second-order valence-corrected chi connectivity index (χ2v) is 8.87. The molecule has 1 N–H and O–H groups in total. The molecule has 4 unspecified atom stereocenters. The summed E-state index contributed by atoms with van der Waals surface area (Å²) in [4.78, 5) is 11.3. The van der Waals surface area contributed by atoms with Crippen LogP contribution in [-0.4, -0.2) is 10.7 Å². The van der Waals surface area contributed by atoms with Gasteiger partial charge in [-0.15, -0.1) is 0 Å². The van der Waals surface area contributed by atoms with Crippen molar-refractivity contribution < 1.29 is 24.0 Å². The Morgan fingerprint density at radius 1 is 1.19 bits per heavy atom. The van der Waals surface area contributed by atoms with E-state index in [2.05, 4.69) is 0 Å². The Hall–Kier alpha value is -0.970. The maximum atomic E-state index is 11.7. The molecule has 27 heavy (non-hydrogen) atoms. The molecule has 1 aromatic rings. The summed E-state index contributed by atoms with van der Waals surface area (Å²) in [6.45, 7) is 0. The maximum Gasteiger partial charge on any atom is 0.395 e. The highest BCUT2D eigenvalue weighted by atomic mass is 35.5. The fraction of sp³-hybridized carbons (Fsp3) is 0.600. The maximum absolute atomic E-state index is 11.7. The van der Waals surface area contributed by atoms with Gasteiger partial charge in [0.25, 0.3) is 5.79 Å². The van der Waals surface area contributed by atoms with Crippen molar-refractivity contribution in [2.45, 2.75) is 62.8 Å². The Labute approximate surface area is 164 Å². The molecule has 4 aliphatic rings. The van der Waals surface area contributed by atoms with Crippen LogP contribution in [0.3, 0.4) is 0 Å². The summed E-state index contributed by atoms with van der Waals surface area (Å²) in [7, 11) is -0.495. The average Bonchev–Trinajstić information content (AvgIpc) is 2.68. The van der Waals surface area contributed by atoms with E-state index in [0.717, 1.165) is 32.1 Å². The third kappa shape index (κ3) is 2.42. The Kier molecular flexibility index (Phi) is 4.38. The van der Waals surface area contributed by atoms with Crippen molar-refractivity contribution in [1.82, 2.24) is 0 Å². The third-order valence-corrected chi connectivity index (χ3v) is 7.58. The first-order chi connectivity index (χ1) is 13.1. The molecule has 144 valence electrons. The lowest BCUT2D eigenvalue weighted by molar-refractivity contribution is -0.636. The molecule has 4 atom stereocenters. The van der Waals surface area contributed by atoms with Crippen LogP contribution in [0.4, 0.5) is 0 Å². The summed E-state index contributed by atoms with van der Waals surface area (Å²) in [6, 6.07) is 4.98. The number of allylic oxidation sites excluding steroid dienone is 1. The molecular formula is C20H22ClO5P. The lowest BCUT2D eigenvalue weighted by Gasteiger charge is -2.64. The van der Waals surface area contributed by atoms with E-state index in [0.29, 0.717) is 10.6 Å².